The van der Waals surface area contributed by atoms with E-state index in [0.717, 1.165) is 60.4 Å². The van der Waals surface area contributed by atoms with Crippen LogP contribution in [0.3, 0.4) is 0 Å². The second-order valence-corrected chi connectivity index (χ2v) is 10.5. The number of nitrogens with two attached hydrogens (primary N) is 2. The molecule has 0 unspecified atom stereocenters. The topological polar surface area (TPSA) is 207 Å². The molecule has 8 N–H and O–H groups in total. The van der Waals surface area contributed by atoms with Crippen molar-refractivity contribution in [3.63, 3.8) is 0 Å². The van der Waals surface area contributed by atoms with E-state index in [1.54, 1.807) is 37.6 Å². The van der Waals surface area contributed by atoms with Crippen LogP contribution in [0.1, 0.15) is 43.0 Å². The molecule has 2 aromatic carbocycles. The molecule has 1 atom stereocenters. The van der Waals surface area contributed by atoms with Crippen LogP contribution in [0, 0.1) is 0 Å². The van der Waals surface area contributed by atoms with Gasteiger partial charge in [-0.2, -0.15) is 5.10 Å². The van der Waals surface area contributed by atoms with E-state index in [1.807, 2.05) is 13.1 Å². The van der Waals surface area contributed by atoms with E-state index >= 15 is 0 Å². The summed E-state index contributed by atoms with van der Waals surface area (Å²) in [6, 6.07) is 15.3. The molecule has 48 heavy (non-hydrogen) atoms. The lowest BCUT2D eigenvalue weighted by molar-refractivity contribution is -0.130. The Hall–Kier alpha value is -5.18. The number of pyridine rings is 1. The molecule has 1 amide bonds. The van der Waals surface area contributed by atoms with Crippen LogP contribution in [-0.2, 0) is 23.9 Å². The van der Waals surface area contributed by atoms with Gasteiger partial charge in [-0.25, -0.2) is 5.84 Å². The minimum atomic E-state index is -0.250. The third-order valence-electron chi connectivity index (χ3n) is 6.91. The van der Waals surface area contributed by atoms with Crippen molar-refractivity contribution in [1.29, 1.82) is 0 Å². The van der Waals surface area contributed by atoms with Gasteiger partial charge >= 0.3 is 0 Å². The highest BCUT2D eigenvalue weighted by atomic mass is 35.5. The largest absolute Gasteiger partial charge is 0.483 e. The lowest BCUT2D eigenvalue weighted by Crippen LogP contribution is -2.30. The van der Waals surface area contributed by atoms with Gasteiger partial charge in [-0.1, -0.05) is 30.5 Å². The van der Waals surface area contributed by atoms with Gasteiger partial charge in [0.05, 0.1) is 24.0 Å². The molecule has 4 rings (SSSR count). The minimum Gasteiger partial charge on any atom is -0.483 e. The SMILES string of the molecule is CNc1ccc2c(c1)NCCCCC[C@H](NC(=O)/C=C/c1cc(Cl)ccc1N(N)/C=N\N)c1cc-2ccn1.COCCOC=O.O=CO. The van der Waals surface area contributed by atoms with E-state index < -0.39 is 0 Å². The molecule has 0 spiro atoms. The van der Waals surface area contributed by atoms with Crippen molar-refractivity contribution >= 4 is 59.9 Å². The molecule has 14 nitrogen and oxygen atoms in total. The highest BCUT2D eigenvalue weighted by Gasteiger charge is 2.18. The number of halogens is 1. The number of ether oxygens (including phenoxy) is 2. The number of rotatable bonds is 10. The molecule has 0 aliphatic carbocycles. The summed E-state index contributed by atoms with van der Waals surface area (Å²) in [5, 5.41) is 22.1. The van der Waals surface area contributed by atoms with Gasteiger partial charge in [-0.15, -0.1) is 0 Å². The van der Waals surface area contributed by atoms with Crippen LogP contribution in [0.25, 0.3) is 17.2 Å². The number of nitrogens with zero attached hydrogens (tertiary/aromatic N) is 3. The molecule has 1 aliphatic heterocycles. The molecule has 3 aromatic rings. The first-order valence-corrected chi connectivity index (χ1v) is 15.4. The van der Waals surface area contributed by atoms with Crippen LogP contribution in [0.15, 0.2) is 65.9 Å². The number of benzene rings is 2. The van der Waals surface area contributed by atoms with Crippen LogP contribution >= 0.6 is 11.6 Å². The number of fused-ring (bicyclic) bond motifs is 4. The average Bonchev–Trinajstić information content (AvgIpc) is 3.09. The highest BCUT2D eigenvalue weighted by molar-refractivity contribution is 6.30. The first-order chi connectivity index (χ1) is 23.3. The summed E-state index contributed by atoms with van der Waals surface area (Å²) in [4.78, 5) is 35.4. The molecule has 2 heterocycles. The number of anilines is 3. The Balaban J connectivity index is 0.000000701. The van der Waals surface area contributed by atoms with E-state index in [2.05, 4.69) is 59.8 Å². The molecule has 0 radical (unpaired) electrons. The Morgan fingerprint density at radius 2 is 1.96 bits per heavy atom. The van der Waals surface area contributed by atoms with Crippen molar-refractivity contribution in [2.45, 2.75) is 31.7 Å². The Morgan fingerprint density at radius 3 is 2.67 bits per heavy atom. The number of hydrogen-bond donors (Lipinski definition) is 6. The van der Waals surface area contributed by atoms with Gasteiger partial charge in [0, 0.05) is 60.5 Å². The van der Waals surface area contributed by atoms with Crippen molar-refractivity contribution in [3.05, 3.63) is 77.1 Å². The predicted molar refractivity (Wildman–Crippen MR) is 189 cm³/mol. The Bertz CT molecular complexity index is 1510. The molecule has 258 valence electrons. The first-order valence-electron chi connectivity index (χ1n) is 15.0. The zero-order valence-electron chi connectivity index (χ0n) is 27.0. The number of carbonyl (C=O) groups is 3. The lowest BCUT2D eigenvalue weighted by Gasteiger charge is -2.21. The van der Waals surface area contributed by atoms with Crippen molar-refractivity contribution in [1.82, 2.24) is 10.3 Å². The zero-order valence-corrected chi connectivity index (χ0v) is 27.7. The number of amides is 1. The van der Waals surface area contributed by atoms with E-state index in [4.69, 9.17) is 33.2 Å². The monoisotopic (exact) mass is 682 g/mol. The Morgan fingerprint density at radius 1 is 1.17 bits per heavy atom. The minimum absolute atomic E-state index is 0.228. The van der Waals surface area contributed by atoms with Crippen LogP contribution in [0.5, 0.6) is 0 Å². The van der Waals surface area contributed by atoms with Crippen LogP contribution in [0.2, 0.25) is 5.02 Å². The predicted octanol–water partition coefficient (Wildman–Crippen LogP) is 4.39. The van der Waals surface area contributed by atoms with Crippen LogP contribution < -0.4 is 32.6 Å². The molecule has 2 bridgehead atoms. The van der Waals surface area contributed by atoms with E-state index in [-0.39, 0.29) is 18.4 Å². The molecule has 0 saturated carbocycles. The van der Waals surface area contributed by atoms with E-state index in [0.29, 0.717) is 36.0 Å². The number of carbonyl (C=O) groups excluding carboxylic acids is 2. The maximum absolute atomic E-state index is 13.0. The molecule has 0 fully saturated rings. The summed E-state index contributed by atoms with van der Waals surface area (Å²) in [7, 11) is 3.46. The number of hydrazine groups is 1. The standard InChI is InChI=1S/C28H33ClN8O.C4H8O3.CH2O2/c1-32-22-8-9-23-19-12-14-34-26(16-19)24(5-3-2-4-13-33-25(23)17-22)36-28(38)11-6-20-15-21(29)7-10-27(20)37(31)18-35-30;1-6-2-3-7-4-5;2-1-3/h6-12,14-18,24,32-33H,2-5,13,30-31H2,1H3,(H,36,38);4H,2-3H2,1H3;1H,(H,2,3)/b11-6+,35-18-;;/t24-;;/m0../s1. The van der Waals surface area contributed by atoms with Gasteiger partial charge in [0.1, 0.15) is 12.9 Å². The van der Waals surface area contributed by atoms with Crippen LogP contribution in [-0.4, -0.2) is 69.2 Å². The molecule has 1 aromatic heterocycles. The summed E-state index contributed by atoms with van der Waals surface area (Å²) >= 11 is 6.18. The molecule has 15 heteroatoms. The highest BCUT2D eigenvalue weighted by Crippen LogP contribution is 2.33. The quantitative estimate of drug-likeness (QED) is 0.0335. The van der Waals surface area contributed by atoms with Crippen LogP contribution in [0.4, 0.5) is 17.1 Å². The van der Waals surface area contributed by atoms with Crippen molar-refractivity contribution < 1.29 is 29.0 Å². The van der Waals surface area contributed by atoms with Gasteiger partial charge in [-0.05, 0) is 66.9 Å². The van der Waals surface area contributed by atoms with Gasteiger partial charge in [0.25, 0.3) is 12.9 Å². The smallest absolute Gasteiger partial charge is 0.293 e. The molecule has 0 saturated heterocycles. The van der Waals surface area contributed by atoms with Crippen molar-refractivity contribution in [2.24, 2.45) is 16.8 Å². The second kappa shape index (κ2) is 22.4. The molecular weight excluding hydrogens is 640 g/mol. The lowest BCUT2D eigenvalue weighted by atomic mass is 9.98. The first kappa shape index (κ1) is 39.0. The number of carboxylic acid groups (broad SMARTS) is 1. The van der Waals surface area contributed by atoms with Gasteiger partial charge in [0.15, 0.2) is 0 Å². The van der Waals surface area contributed by atoms with Gasteiger partial charge < -0.3 is 36.4 Å². The maximum Gasteiger partial charge on any atom is 0.293 e. The third-order valence-corrected chi connectivity index (χ3v) is 7.14. The zero-order chi connectivity index (χ0) is 35.1. The number of nitrogens with one attached hydrogen (secondary N) is 3. The average molecular weight is 683 g/mol. The van der Waals surface area contributed by atoms with E-state index in [1.165, 1.54) is 17.4 Å². The summed E-state index contributed by atoms with van der Waals surface area (Å²) in [5.74, 6) is 11.0. The number of methoxy groups -OCH3 is 1. The maximum atomic E-state index is 13.0. The number of hydrogen-bond acceptors (Lipinski definition) is 11. The molecular formula is C33H43ClN8O6. The fraction of sp³-hybridized carbons (Fsp3) is 0.303. The second-order valence-electron chi connectivity index (χ2n) is 10.1. The summed E-state index contributed by atoms with van der Waals surface area (Å²) in [5.41, 5.74) is 6.34. The van der Waals surface area contributed by atoms with E-state index in [9.17, 15) is 9.59 Å². The normalized spacial score (nSPS) is 13.9. The summed E-state index contributed by atoms with van der Waals surface area (Å²) in [6.07, 6.45) is 10.0. The fourth-order valence-electron chi connectivity index (χ4n) is 4.66. The van der Waals surface area contributed by atoms with Gasteiger partial charge in [-0.3, -0.25) is 24.4 Å². The van der Waals surface area contributed by atoms with Gasteiger partial charge in [0.2, 0.25) is 5.91 Å². The fourth-order valence-corrected chi connectivity index (χ4v) is 4.84. The van der Waals surface area contributed by atoms with Crippen molar-refractivity contribution in [2.75, 3.05) is 49.6 Å². The Labute approximate surface area is 285 Å². The number of hydrazone groups is 1. The molecule has 1 aliphatic rings. The summed E-state index contributed by atoms with van der Waals surface area (Å²) < 4.78 is 8.83. The van der Waals surface area contributed by atoms with Crippen molar-refractivity contribution in [3.8, 4) is 11.1 Å². The number of aromatic nitrogens is 1. The summed E-state index contributed by atoms with van der Waals surface area (Å²) in [6.45, 7) is 1.85. The third kappa shape index (κ3) is 13.3. The Kier molecular flexibility index (Phi) is 18.2.